The molecule has 7 heteroatoms. The molecule has 0 aliphatic heterocycles. The van der Waals surface area contributed by atoms with Gasteiger partial charge in [-0.25, -0.2) is 4.79 Å². The molecule has 0 radical (unpaired) electrons. The van der Waals surface area contributed by atoms with Crippen LogP contribution in [0.15, 0.2) is 12.1 Å². The van der Waals surface area contributed by atoms with Crippen molar-refractivity contribution in [2.75, 3.05) is 0 Å². The van der Waals surface area contributed by atoms with Crippen LogP contribution in [-0.2, 0) is 16.0 Å². The van der Waals surface area contributed by atoms with Gasteiger partial charge in [-0.15, -0.1) is 0 Å². The number of pyridine rings is 1. The van der Waals surface area contributed by atoms with Crippen molar-refractivity contribution in [3.8, 4) is 5.75 Å². The molecule has 0 saturated heterocycles. The number of aliphatic carboxylic acids is 1. The van der Waals surface area contributed by atoms with E-state index in [2.05, 4.69) is 10.3 Å². The Balaban J connectivity index is 2.81. The molecule has 1 unspecified atom stereocenters. The van der Waals surface area contributed by atoms with Crippen molar-refractivity contribution in [2.24, 2.45) is 0 Å². The first kappa shape index (κ1) is 18.7. The van der Waals surface area contributed by atoms with Crippen LogP contribution >= 0.6 is 0 Å². The van der Waals surface area contributed by atoms with Crippen molar-refractivity contribution < 1.29 is 24.5 Å². The lowest BCUT2D eigenvalue weighted by molar-refractivity contribution is -0.137. The van der Waals surface area contributed by atoms with E-state index in [0.29, 0.717) is 5.69 Å². The number of rotatable bonds is 6. The molecule has 1 heterocycles. The summed E-state index contributed by atoms with van der Waals surface area (Å²) in [7, 11) is 0. The summed E-state index contributed by atoms with van der Waals surface area (Å²) in [5.41, 5.74) is 0.494. The van der Waals surface area contributed by atoms with Gasteiger partial charge in [-0.2, -0.15) is 0 Å². The molecule has 0 bridgehead atoms. The third kappa shape index (κ3) is 7.49. The predicted molar refractivity (Wildman–Crippen MR) is 84.4 cm³/mol. The van der Waals surface area contributed by atoms with Gasteiger partial charge in [0.2, 0.25) is 0 Å². The number of aromatic nitrogens is 1. The van der Waals surface area contributed by atoms with Gasteiger partial charge in [0.1, 0.15) is 11.4 Å². The number of carbonyl (C=O) groups excluding carboxylic acids is 1. The van der Waals surface area contributed by atoms with E-state index in [1.54, 1.807) is 33.8 Å². The predicted octanol–water partition coefficient (Wildman–Crippen LogP) is 2.40. The van der Waals surface area contributed by atoms with Crippen LogP contribution in [0, 0.1) is 6.92 Å². The van der Waals surface area contributed by atoms with Gasteiger partial charge in [0.25, 0.3) is 0 Å². The highest BCUT2D eigenvalue weighted by atomic mass is 16.6. The number of nitrogens with one attached hydrogen (secondary N) is 1. The number of alkyl carbamates (subject to hydrolysis) is 1. The summed E-state index contributed by atoms with van der Waals surface area (Å²) >= 11 is 0. The van der Waals surface area contributed by atoms with E-state index in [-0.39, 0.29) is 25.0 Å². The Morgan fingerprint density at radius 3 is 2.57 bits per heavy atom. The number of ether oxygens (including phenoxy) is 1. The number of carboxylic acids is 1. The normalized spacial score (nSPS) is 12.5. The van der Waals surface area contributed by atoms with Gasteiger partial charge in [-0.1, -0.05) is 0 Å². The molecular formula is C16H24N2O5. The van der Waals surface area contributed by atoms with Crippen molar-refractivity contribution in [1.82, 2.24) is 10.3 Å². The Morgan fingerprint density at radius 2 is 2.00 bits per heavy atom. The van der Waals surface area contributed by atoms with E-state index in [0.717, 1.165) is 5.69 Å². The molecule has 0 fully saturated rings. The lowest BCUT2D eigenvalue weighted by Gasteiger charge is -2.23. The number of amides is 1. The minimum absolute atomic E-state index is 0.0157. The van der Waals surface area contributed by atoms with E-state index < -0.39 is 23.7 Å². The highest BCUT2D eigenvalue weighted by Gasteiger charge is 2.21. The minimum Gasteiger partial charge on any atom is -0.506 e. The Labute approximate surface area is 135 Å². The van der Waals surface area contributed by atoms with Crippen LogP contribution in [0.1, 0.15) is 45.0 Å². The van der Waals surface area contributed by atoms with Gasteiger partial charge in [0.15, 0.2) is 0 Å². The summed E-state index contributed by atoms with van der Waals surface area (Å²) in [6.07, 6.45) is -0.295. The lowest BCUT2D eigenvalue weighted by Crippen LogP contribution is -2.40. The smallest absolute Gasteiger partial charge is 0.407 e. The van der Waals surface area contributed by atoms with E-state index in [1.807, 2.05) is 0 Å². The third-order valence-electron chi connectivity index (χ3n) is 2.96. The first-order valence-corrected chi connectivity index (χ1v) is 7.43. The maximum Gasteiger partial charge on any atom is 0.407 e. The fourth-order valence-electron chi connectivity index (χ4n) is 1.98. The van der Waals surface area contributed by atoms with Gasteiger partial charge in [0, 0.05) is 24.6 Å². The summed E-state index contributed by atoms with van der Waals surface area (Å²) in [5, 5.41) is 21.3. The molecule has 0 aromatic carbocycles. The van der Waals surface area contributed by atoms with Gasteiger partial charge < -0.3 is 20.3 Å². The second-order valence-corrected chi connectivity index (χ2v) is 6.40. The molecule has 23 heavy (non-hydrogen) atoms. The van der Waals surface area contributed by atoms with E-state index in [9.17, 15) is 14.7 Å². The van der Waals surface area contributed by atoms with Crippen LogP contribution in [-0.4, -0.2) is 38.9 Å². The number of aryl methyl sites for hydroxylation is 1. The monoisotopic (exact) mass is 324 g/mol. The molecule has 0 aliphatic rings. The SMILES string of the molecule is Cc1ccc(O)c(CC(CCC(=O)O)NC(=O)OC(C)(C)C)n1. The maximum absolute atomic E-state index is 11.9. The first-order chi connectivity index (χ1) is 10.6. The quantitative estimate of drug-likeness (QED) is 0.741. The number of hydrogen-bond acceptors (Lipinski definition) is 5. The second-order valence-electron chi connectivity index (χ2n) is 6.40. The zero-order valence-corrected chi connectivity index (χ0v) is 13.9. The molecule has 0 saturated carbocycles. The lowest BCUT2D eigenvalue weighted by atomic mass is 10.0. The van der Waals surface area contributed by atoms with Crippen LogP contribution in [0.5, 0.6) is 5.75 Å². The van der Waals surface area contributed by atoms with E-state index in [1.165, 1.54) is 6.07 Å². The zero-order chi connectivity index (χ0) is 17.6. The van der Waals surface area contributed by atoms with E-state index in [4.69, 9.17) is 9.84 Å². The molecular weight excluding hydrogens is 300 g/mol. The summed E-state index contributed by atoms with van der Waals surface area (Å²) in [5.74, 6) is -0.940. The summed E-state index contributed by atoms with van der Waals surface area (Å²) in [6.45, 7) is 7.02. The molecule has 1 rings (SSSR count). The van der Waals surface area contributed by atoms with Gasteiger partial charge in [-0.05, 0) is 46.2 Å². The Morgan fingerprint density at radius 1 is 1.35 bits per heavy atom. The Hall–Kier alpha value is -2.31. The minimum atomic E-state index is -0.956. The zero-order valence-electron chi connectivity index (χ0n) is 13.9. The first-order valence-electron chi connectivity index (χ1n) is 7.43. The highest BCUT2D eigenvalue weighted by molar-refractivity contribution is 5.69. The summed E-state index contributed by atoms with van der Waals surface area (Å²) in [6, 6.07) is 2.70. The molecule has 0 spiro atoms. The van der Waals surface area contributed by atoms with Crippen molar-refractivity contribution in [3.05, 3.63) is 23.5 Å². The van der Waals surface area contributed by atoms with Crippen LogP contribution in [0.4, 0.5) is 4.79 Å². The van der Waals surface area contributed by atoms with Gasteiger partial charge in [-0.3, -0.25) is 9.78 Å². The molecule has 1 aromatic rings. The second kappa shape index (κ2) is 7.80. The van der Waals surface area contributed by atoms with Crippen molar-refractivity contribution in [1.29, 1.82) is 0 Å². The van der Waals surface area contributed by atoms with Crippen molar-refractivity contribution in [3.63, 3.8) is 0 Å². The van der Waals surface area contributed by atoms with Gasteiger partial charge >= 0.3 is 12.1 Å². The average Bonchev–Trinajstić information content (AvgIpc) is 2.38. The summed E-state index contributed by atoms with van der Waals surface area (Å²) < 4.78 is 5.19. The molecule has 128 valence electrons. The number of carbonyl (C=O) groups is 2. The number of hydrogen-bond donors (Lipinski definition) is 3. The van der Waals surface area contributed by atoms with Crippen molar-refractivity contribution in [2.45, 2.75) is 58.6 Å². The number of nitrogens with zero attached hydrogens (tertiary/aromatic N) is 1. The topological polar surface area (TPSA) is 109 Å². The molecule has 0 aliphatic carbocycles. The maximum atomic E-state index is 11.9. The fourth-order valence-corrected chi connectivity index (χ4v) is 1.98. The average molecular weight is 324 g/mol. The van der Waals surface area contributed by atoms with Crippen molar-refractivity contribution >= 4 is 12.1 Å². The largest absolute Gasteiger partial charge is 0.506 e. The van der Waals surface area contributed by atoms with E-state index >= 15 is 0 Å². The molecule has 7 nitrogen and oxygen atoms in total. The molecule has 1 amide bonds. The van der Waals surface area contributed by atoms with Crippen LogP contribution in [0.3, 0.4) is 0 Å². The molecule has 3 N–H and O–H groups in total. The van der Waals surface area contributed by atoms with Gasteiger partial charge in [0.05, 0.1) is 5.69 Å². The highest BCUT2D eigenvalue weighted by Crippen LogP contribution is 2.18. The Bertz CT molecular complexity index is 566. The van der Waals surface area contributed by atoms with Crippen LogP contribution < -0.4 is 5.32 Å². The van der Waals surface area contributed by atoms with Crippen LogP contribution in [0.25, 0.3) is 0 Å². The Kier molecular flexibility index (Phi) is 6.36. The number of carboxylic acid groups (broad SMARTS) is 1. The molecule has 1 aromatic heterocycles. The van der Waals surface area contributed by atoms with Crippen LogP contribution in [0.2, 0.25) is 0 Å². The fraction of sp³-hybridized carbons (Fsp3) is 0.562. The summed E-state index contributed by atoms with van der Waals surface area (Å²) in [4.78, 5) is 26.9. The third-order valence-corrected chi connectivity index (χ3v) is 2.96. The molecule has 1 atom stereocenters. The number of aromatic hydroxyl groups is 1. The standard InChI is InChI=1S/C16H24N2O5/c1-10-5-7-13(19)12(17-10)9-11(6-8-14(20)21)18-15(22)23-16(2,3)4/h5,7,11,19H,6,8-9H2,1-4H3,(H,18,22)(H,20,21).